The van der Waals surface area contributed by atoms with Crippen LogP contribution in [0, 0.1) is 0 Å². The number of hydrogen-bond acceptors (Lipinski definition) is 3. The second kappa shape index (κ2) is 8.17. The summed E-state index contributed by atoms with van der Waals surface area (Å²) in [6, 6.07) is 4.77. The fourth-order valence-corrected chi connectivity index (χ4v) is 2.77. The normalized spacial score (nSPS) is 14.0. The van der Waals surface area contributed by atoms with E-state index >= 15 is 0 Å². The molecule has 124 valence electrons. The van der Waals surface area contributed by atoms with Gasteiger partial charge in [-0.25, -0.2) is 0 Å². The lowest BCUT2D eigenvalue weighted by Crippen LogP contribution is -2.37. The minimum atomic E-state index is -0.836. The molecule has 1 aromatic carbocycles. The third-order valence-electron chi connectivity index (χ3n) is 3.47. The zero-order chi connectivity index (χ0) is 16.8. The molecule has 1 aliphatic rings. The SMILES string of the molecule is O=C(NCCCN1CCCC1=O)C(=O)Nc1c(Cl)cccc1Cl. The molecule has 0 spiro atoms. The molecule has 0 radical (unpaired) electrons. The van der Waals surface area contributed by atoms with E-state index in [1.807, 2.05) is 0 Å². The van der Waals surface area contributed by atoms with E-state index in [1.54, 1.807) is 23.1 Å². The molecule has 1 saturated heterocycles. The maximum atomic E-state index is 11.8. The summed E-state index contributed by atoms with van der Waals surface area (Å²) in [5.74, 6) is -1.46. The minimum absolute atomic E-state index is 0.141. The number of anilines is 1. The van der Waals surface area contributed by atoms with Gasteiger partial charge in [0.25, 0.3) is 0 Å². The number of para-hydroxylation sites is 1. The fourth-order valence-electron chi connectivity index (χ4n) is 2.28. The number of likely N-dealkylation sites (tertiary alicyclic amines) is 1. The second-order valence-electron chi connectivity index (χ2n) is 5.14. The number of carbonyl (C=O) groups excluding carboxylic acids is 3. The van der Waals surface area contributed by atoms with Gasteiger partial charge in [-0.1, -0.05) is 29.3 Å². The Hall–Kier alpha value is -1.79. The van der Waals surface area contributed by atoms with Crippen LogP contribution < -0.4 is 10.6 Å². The van der Waals surface area contributed by atoms with Gasteiger partial charge in [0, 0.05) is 26.1 Å². The number of nitrogens with zero attached hydrogens (tertiary/aromatic N) is 1. The Labute approximate surface area is 144 Å². The Bertz CT molecular complexity index is 602. The molecule has 3 amide bonds. The number of amides is 3. The third-order valence-corrected chi connectivity index (χ3v) is 4.10. The van der Waals surface area contributed by atoms with Crippen LogP contribution in [0.1, 0.15) is 19.3 Å². The van der Waals surface area contributed by atoms with Gasteiger partial charge < -0.3 is 15.5 Å². The van der Waals surface area contributed by atoms with E-state index < -0.39 is 11.8 Å². The van der Waals surface area contributed by atoms with Crippen molar-refractivity contribution in [3.05, 3.63) is 28.2 Å². The van der Waals surface area contributed by atoms with Crippen molar-refractivity contribution >= 4 is 46.6 Å². The summed E-state index contributed by atoms with van der Waals surface area (Å²) in [6.45, 7) is 1.65. The first-order valence-corrected chi connectivity index (χ1v) is 8.05. The molecule has 0 saturated carbocycles. The van der Waals surface area contributed by atoms with Crippen LogP contribution in [0.4, 0.5) is 5.69 Å². The van der Waals surface area contributed by atoms with E-state index in [1.165, 1.54) is 0 Å². The third kappa shape index (κ3) is 4.84. The van der Waals surface area contributed by atoms with Crippen LogP contribution in [0.3, 0.4) is 0 Å². The molecule has 0 unspecified atom stereocenters. The smallest absolute Gasteiger partial charge is 0.313 e. The second-order valence-corrected chi connectivity index (χ2v) is 5.96. The van der Waals surface area contributed by atoms with Crippen molar-refractivity contribution in [3.8, 4) is 0 Å². The summed E-state index contributed by atoms with van der Waals surface area (Å²) in [5.41, 5.74) is 0.207. The lowest BCUT2D eigenvalue weighted by molar-refractivity contribution is -0.136. The van der Waals surface area contributed by atoms with Gasteiger partial charge in [0.15, 0.2) is 0 Å². The summed E-state index contributed by atoms with van der Waals surface area (Å²) in [5, 5.41) is 5.40. The summed E-state index contributed by atoms with van der Waals surface area (Å²) in [7, 11) is 0. The van der Waals surface area contributed by atoms with Crippen molar-refractivity contribution in [2.24, 2.45) is 0 Å². The molecule has 0 atom stereocenters. The Morgan fingerprint density at radius 2 is 1.87 bits per heavy atom. The Morgan fingerprint density at radius 1 is 1.17 bits per heavy atom. The standard InChI is InChI=1S/C15H17Cl2N3O3/c16-10-4-1-5-11(17)13(10)19-15(23)14(22)18-7-3-9-20-8-2-6-12(20)21/h1,4-5H,2-3,6-9H2,(H,18,22)(H,19,23). The molecule has 6 nitrogen and oxygen atoms in total. The van der Waals surface area contributed by atoms with Gasteiger partial charge in [-0.2, -0.15) is 0 Å². The molecule has 0 bridgehead atoms. The van der Waals surface area contributed by atoms with Crippen molar-refractivity contribution in [1.29, 1.82) is 0 Å². The number of nitrogens with one attached hydrogen (secondary N) is 2. The van der Waals surface area contributed by atoms with Gasteiger partial charge in [0.1, 0.15) is 0 Å². The van der Waals surface area contributed by atoms with E-state index in [2.05, 4.69) is 10.6 Å². The quantitative estimate of drug-likeness (QED) is 0.625. The molecule has 1 aromatic rings. The maximum Gasteiger partial charge on any atom is 0.313 e. The predicted octanol–water partition coefficient (Wildman–Crippen LogP) is 2.06. The molecule has 2 rings (SSSR count). The summed E-state index contributed by atoms with van der Waals surface area (Å²) < 4.78 is 0. The number of hydrogen-bond donors (Lipinski definition) is 2. The highest BCUT2D eigenvalue weighted by molar-refractivity contribution is 6.44. The molecule has 2 N–H and O–H groups in total. The number of halogens is 2. The first kappa shape index (κ1) is 17.6. The van der Waals surface area contributed by atoms with Crippen LogP contribution >= 0.6 is 23.2 Å². The topological polar surface area (TPSA) is 78.5 Å². The summed E-state index contributed by atoms with van der Waals surface area (Å²) >= 11 is 11.8. The average molecular weight is 358 g/mol. The zero-order valence-corrected chi connectivity index (χ0v) is 13.9. The highest BCUT2D eigenvalue weighted by atomic mass is 35.5. The molecule has 1 aliphatic heterocycles. The van der Waals surface area contributed by atoms with Crippen LogP contribution in [-0.2, 0) is 14.4 Å². The first-order chi connectivity index (χ1) is 11.0. The molecular weight excluding hydrogens is 341 g/mol. The van der Waals surface area contributed by atoms with Gasteiger partial charge >= 0.3 is 11.8 Å². The first-order valence-electron chi connectivity index (χ1n) is 7.30. The van der Waals surface area contributed by atoms with Gasteiger partial charge in [0.05, 0.1) is 15.7 Å². The van der Waals surface area contributed by atoms with Gasteiger partial charge in [-0.05, 0) is 25.0 Å². The van der Waals surface area contributed by atoms with Crippen LogP contribution in [0.5, 0.6) is 0 Å². The van der Waals surface area contributed by atoms with Crippen LogP contribution in [0.15, 0.2) is 18.2 Å². The summed E-state index contributed by atoms with van der Waals surface area (Å²) in [6.07, 6.45) is 2.07. The Morgan fingerprint density at radius 3 is 2.48 bits per heavy atom. The molecule has 0 aliphatic carbocycles. The average Bonchev–Trinajstić information content (AvgIpc) is 2.92. The van der Waals surface area contributed by atoms with Crippen molar-refractivity contribution in [1.82, 2.24) is 10.2 Å². The van der Waals surface area contributed by atoms with Crippen molar-refractivity contribution < 1.29 is 14.4 Å². The van der Waals surface area contributed by atoms with Crippen LogP contribution in [0.25, 0.3) is 0 Å². The molecule has 1 heterocycles. The number of carbonyl (C=O) groups is 3. The van der Waals surface area contributed by atoms with Crippen molar-refractivity contribution in [2.75, 3.05) is 25.0 Å². The predicted molar refractivity (Wildman–Crippen MR) is 88.5 cm³/mol. The van der Waals surface area contributed by atoms with Crippen LogP contribution in [0.2, 0.25) is 10.0 Å². The van der Waals surface area contributed by atoms with E-state index in [0.29, 0.717) is 25.9 Å². The fraction of sp³-hybridized carbons (Fsp3) is 0.400. The molecule has 8 heteroatoms. The summed E-state index contributed by atoms with van der Waals surface area (Å²) in [4.78, 5) is 36.7. The monoisotopic (exact) mass is 357 g/mol. The number of benzene rings is 1. The minimum Gasteiger partial charge on any atom is -0.348 e. The Kier molecular flexibility index (Phi) is 6.24. The maximum absolute atomic E-state index is 11.8. The Balaban J connectivity index is 1.75. The van der Waals surface area contributed by atoms with Crippen LogP contribution in [-0.4, -0.2) is 42.3 Å². The van der Waals surface area contributed by atoms with Gasteiger partial charge in [0.2, 0.25) is 5.91 Å². The molecule has 23 heavy (non-hydrogen) atoms. The van der Waals surface area contributed by atoms with E-state index in [0.717, 1.165) is 13.0 Å². The number of rotatable bonds is 5. The van der Waals surface area contributed by atoms with E-state index in [-0.39, 0.29) is 21.6 Å². The molecule has 0 aromatic heterocycles. The highest BCUT2D eigenvalue weighted by Crippen LogP contribution is 2.29. The molecule has 1 fully saturated rings. The largest absolute Gasteiger partial charge is 0.348 e. The van der Waals surface area contributed by atoms with Gasteiger partial charge in [-0.3, -0.25) is 14.4 Å². The lowest BCUT2D eigenvalue weighted by atomic mass is 10.3. The van der Waals surface area contributed by atoms with E-state index in [4.69, 9.17) is 23.2 Å². The van der Waals surface area contributed by atoms with Crippen molar-refractivity contribution in [3.63, 3.8) is 0 Å². The van der Waals surface area contributed by atoms with Crippen molar-refractivity contribution in [2.45, 2.75) is 19.3 Å². The lowest BCUT2D eigenvalue weighted by Gasteiger charge is -2.15. The zero-order valence-electron chi connectivity index (χ0n) is 12.4. The van der Waals surface area contributed by atoms with Gasteiger partial charge in [-0.15, -0.1) is 0 Å². The molecular formula is C15H17Cl2N3O3. The van der Waals surface area contributed by atoms with E-state index in [9.17, 15) is 14.4 Å². The highest BCUT2D eigenvalue weighted by Gasteiger charge is 2.20.